The number of hydrogen-bond acceptors (Lipinski definition) is 4. The highest BCUT2D eigenvalue weighted by atomic mass is 16.5. The summed E-state index contributed by atoms with van der Waals surface area (Å²) in [5.74, 6) is 0.302. The van der Waals surface area contributed by atoms with Crippen molar-refractivity contribution in [2.75, 3.05) is 45.9 Å². The first-order valence-corrected chi connectivity index (χ1v) is 7.38. The number of ether oxygens (including phenoxy) is 1. The van der Waals surface area contributed by atoms with Crippen molar-refractivity contribution in [1.29, 1.82) is 5.41 Å². The molecule has 0 saturated carbocycles. The molecule has 0 aromatic heterocycles. The van der Waals surface area contributed by atoms with Gasteiger partial charge in [0.2, 0.25) is 0 Å². The normalized spacial score (nSPS) is 26.7. The van der Waals surface area contributed by atoms with Gasteiger partial charge in [0.1, 0.15) is 0 Å². The van der Waals surface area contributed by atoms with Crippen molar-refractivity contribution in [2.24, 2.45) is 11.1 Å². The van der Waals surface area contributed by atoms with Crippen LogP contribution in [0.1, 0.15) is 26.7 Å². The number of hydrogen-bond donors (Lipinski definition) is 2. The van der Waals surface area contributed by atoms with Gasteiger partial charge in [-0.1, -0.05) is 13.8 Å². The summed E-state index contributed by atoms with van der Waals surface area (Å²) in [4.78, 5) is 5.09. The lowest BCUT2D eigenvalue weighted by Gasteiger charge is -2.32. The molecule has 5 nitrogen and oxygen atoms in total. The molecule has 0 bridgehead atoms. The van der Waals surface area contributed by atoms with Crippen LogP contribution in [0.4, 0.5) is 0 Å². The Kier molecular flexibility index (Phi) is 4.81. The molecule has 5 heteroatoms. The molecule has 2 rings (SSSR count). The van der Waals surface area contributed by atoms with E-state index < -0.39 is 0 Å². The van der Waals surface area contributed by atoms with E-state index in [0.717, 1.165) is 45.8 Å². The Labute approximate surface area is 116 Å². The second-order valence-electron chi connectivity index (χ2n) is 6.44. The largest absolute Gasteiger partial charge is 0.387 e. The minimum atomic E-state index is -0.170. The van der Waals surface area contributed by atoms with Gasteiger partial charge < -0.3 is 15.4 Å². The van der Waals surface area contributed by atoms with Gasteiger partial charge in [-0.05, 0) is 25.9 Å². The highest BCUT2D eigenvalue weighted by Crippen LogP contribution is 2.23. The average molecular weight is 268 g/mol. The summed E-state index contributed by atoms with van der Waals surface area (Å²) in [5.41, 5.74) is 5.47. The maximum Gasteiger partial charge on any atom is 0.0963 e. The SMILES string of the molecule is CC(C)(CCN1CCC(N2CCOCC2)C1)C(=N)N. The molecule has 0 aliphatic carbocycles. The summed E-state index contributed by atoms with van der Waals surface area (Å²) in [6, 6.07) is 0.698. The number of nitrogens with zero attached hydrogens (tertiary/aromatic N) is 2. The van der Waals surface area contributed by atoms with Crippen molar-refractivity contribution in [2.45, 2.75) is 32.7 Å². The lowest BCUT2D eigenvalue weighted by molar-refractivity contribution is 0.0184. The number of amidine groups is 1. The second kappa shape index (κ2) is 6.20. The van der Waals surface area contributed by atoms with E-state index in [9.17, 15) is 0 Å². The van der Waals surface area contributed by atoms with Gasteiger partial charge in [0.05, 0.1) is 19.0 Å². The molecule has 2 aliphatic rings. The van der Waals surface area contributed by atoms with Crippen LogP contribution in [0.3, 0.4) is 0 Å². The Bertz CT molecular complexity index is 313. The van der Waals surface area contributed by atoms with Crippen molar-refractivity contribution in [1.82, 2.24) is 9.80 Å². The molecule has 0 radical (unpaired) electrons. The molecule has 0 spiro atoms. The average Bonchev–Trinajstić information content (AvgIpc) is 2.86. The van der Waals surface area contributed by atoms with Crippen molar-refractivity contribution < 1.29 is 4.74 Å². The summed E-state index contributed by atoms with van der Waals surface area (Å²) < 4.78 is 5.41. The van der Waals surface area contributed by atoms with E-state index in [4.69, 9.17) is 15.9 Å². The third-order valence-electron chi connectivity index (χ3n) is 4.59. The van der Waals surface area contributed by atoms with Crippen molar-refractivity contribution in [3.05, 3.63) is 0 Å². The van der Waals surface area contributed by atoms with Gasteiger partial charge in [-0.2, -0.15) is 0 Å². The van der Waals surface area contributed by atoms with Crippen LogP contribution in [-0.4, -0.2) is 67.6 Å². The fourth-order valence-corrected chi connectivity index (χ4v) is 2.83. The molecule has 2 saturated heterocycles. The van der Waals surface area contributed by atoms with E-state index in [0.29, 0.717) is 11.9 Å². The van der Waals surface area contributed by atoms with Gasteiger partial charge in [0.15, 0.2) is 0 Å². The first-order valence-electron chi connectivity index (χ1n) is 7.38. The zero-order chi connectivity index (χ0) is 13.9. The third-order valence-corrected chi connectivity index (χ3v) is 4.59. The molecule has 0 amide bonds. The van der Waals surface area contributed by atoms with Gasteiger partial charge in [0, 0.05) is 31.1 Å². The van der Waals surface area contributed by atoms with E-state index in [1.807, 2.05) is 0 Å². The lowest BCUT2D eigenvalue weighted by Crippen LogP contribution is -2.45. The molecule has 0 aromatic rings. The van der Waals surface area contributed by atoms with Crippen molar-refractivity contribution in [3.63, 3.8) is 0 Å². The first-order chi connectivity index (χ1) is 8.99. The highest BCUT2D eigenvalue weighted by Gasteiger charge is 2.30. The predicted octanol–water partition coefficient (Wildman–Crippen LogP) is 0.745. The van der Waals surface area contributed by atoms with Crippen LogP contribution in [0.5, 0.6) is 0 Å². The summed E-state index contributed by atoms with van der Waals surface area (Å²) in [6.45, 7) is 11.4. The van der Waals surface area contributed by atoms with Crippen LogP contribution in [0.15, 0.2) is 0 Å². The Balaban J connectivity index is 1.74. The fourth-order valence-electron chi connectivity index (χ4n) is 2.83. The Morgan fingerprint density at radius 2 is 2.00 bits per heavy atom. The van der Waals surface area contributed by atoms with Crippen LogP contribution in [0, 0.1) is 10.8 Å². The Hall–Kier alpha value is -0.650. The van der Waals surface area contributed by atoms with Gasteiger partial charge in [-0.25, -0.2) is 0 Å². The fraction of sp³-hybridized carbons (Fsp3) is 0.929. The van der Waals surface area contributed by atoms with Gasteiger partial charge in [-0.3, -0.25) is 10.3 Å². The number of rotatable bonds is 5. The first kappa shape index (κ1) is 14.8. The predicted molar refractivity (Wildman–Crippen MR) is 77.5 cm³/mol. The zero-order valence-electron chi connectivity index (χ0n) is 12.3. The quantitative estimate of drug-likeness (QED) is 0.570. The maximum atomic E-state index is 7.61. The van der Waals surface area contributed by atoms with Gasteiger partial charge in [-0.15, -0.1) is 0 Å². The number of morpholine rings is 1. The van der Waals surface area contributed by atoms with E-state index in [-0.39, 0.29) is 5.41 Å². The van der Waals surface area contributed by atoms with Gasteiger partial charge >= 0.3 is 0 Å². The van der Waals surface area contributed by atoms with Crippen LogP contribution in [0.25, 0.3) is 0 Å². The topological polar surface area (TPSA) is 65.6 Å². The van der Waals surface area contributed by atoms with Crippen LogP contribution in [-0.2, 0) is 4.74 Å². The molecule has 1 unspecified atom stereocenters. The highest BCUT2D eigenvalue weighted by molar-refractivity contribution is 5.82. The van der Waals surface area contributed by atoms with Gasteiger partial charge in [0.25, 0.3) is 0 Å². The number of nitrogens with two attached hydrogens (primary N) is 1. The number of nitrogens with one attached hydrogen (secondary N) is 1. The van der Waals surface area contributed by atoms with Crippen LogP contribution < -0.4 is 5.73 Å². The van der Waals surface area contributed by atoms with Crippen molar-refractivity contribution in [3.8, 4) is 0 Å². The van der Waals surface area contributed by atoms with E-state index >= 15 is 0 Å². The standard InChI is InChI=1S/C14H28N4O/c1-14(2,13(15)16)4-6-17-5-3-12(11-17)18-7-9-19-10-8-18/h12H,3-11H2,1-2H3,(H3,15,16). The summed E-state index contributed by atoms with van der Waals surface area (Å²) in [5, 5.41) is 7.61. The second-order valence-corrected chi connectivity index (χ2v) is 6.44. The van der Waals surface area contributed by atoms with E-state index in [2.05, 4.69) is 23.6 Å². The zero-order valence-corrected chi connectivity index (χ0v) is 12.3. The maximum absolute atomic E-state index is 7.61. The summed E-state index contributed by atoms with van der Waals surface area (Å²) >= 11 is 0. The minimum Gasteiger partial charge on any atom is -0.387 e. The smallest absolute Gasteiger partial charge is 0.0963 e. The summed E-state index contributed by atoms with van der Waals surface area (Å²) in [7, 11) is 0. The Morgan fingerprint density at radius 1 is 1.32 bits per heavy atom. The molecular weight excluding hydrogens is 240 g/mol. The van der Waals surface area contributed by atoms with Crippen LogP contribution >= 0.6 is 0 Å². The van der Waals surface area contributed by atoms with E-state index in [1.165, 1.54) is 13.0 Å². The molecule has 0 aromatic carbocycles. The van der Waals surface area contributed by atoms with E-state index in [1.54, 1.807) is 0 Å². The molecule has 2 heterocycles. The molecule has 2 fully saturated rings. The molecule has 1 atom stereocenters. The molecule has 2 aliphatic heterocycles. The summed E-state index contributed by atoms with van der Waals surface area (Å²) in [6.07, 6.45) is 2.23. The molecule has 19 heavy (non-hydrogen) atoms. The molecular formula is C14H28N4O. The minimum absolute atomic E-state index is 0.170. The monoisotopic (exact) mass is 268 g/mol. The Morgan fingerprint density at radius 3 is 2.63 bits per heavy atom. The number of likely N-dealkylation sites (tertiary alicyclic amines) is 1. The lowest BCUT2D eigenvalue weighted by atomic mass is 9.88. The van der Waals surface area contributed by atoms with Crippen molar-refractivity contribution >= 4 is 5.84 Å². The van der Waals surface area contributed by atoms with Crippen LogP contribution in [0.2, 0.25) is 0 Å². The third kappa shape index (κ3) is 3.91. The molecule has 110 valence electrons. The molecule has 3 N–H and O–H groups in total.